The number of hydrogen-bond acceptors (Lipinski definition) is 4. The Morgan fingerprint density at radius 1 is 1.00 bits per heavy atom. The second kappa shape index (κ2) is 8.31. The van der Waals surface area contributed by atoms with Crippen molar-refractivity contribution < 1.29 is 14.3 Å². The Morgan fingerprint density at radius 3 is 2.43 bits per heavy atom. The highest BCUT2D eigenvalue weighted by molar-refractivity contribution is 5.80. The molecule has 2 aliphatic heterocycles. The normalized spacial score (nSPS) is 23.0. The molecular weight excluding hydrogens is 376 g/mol. The van der Waals surface area contributed by atoms with Gasteiger partial charge in [-0.1, -0.05) is 42.5 Å². The van der Waals surface area contributed by atoms with Gasteiger partial charge < -0.3 is 14.8 Å². The molecule has 5 nitrogen and oxygen atoms in total. The molecule has 0 spiro atoms. The van der Waals surface area contributed by atoms with E-state index in [0.717, 1.165) is 63.4 Å². The Hall–Kier alpha value is -2.53. The van der Waals surface area contributed by atoms with Crippen LogP contribution in [0.5, 0.6) is 11.5 Å². The Labute approximate surface area is 178 Å². The molecule has 5 rings (SSSR count). The van der Waals surface area contributed by atoms with E-state index in [4.69, 9.17) is 9.47 Å². The summed E-state index contributed by atoms with van der Waals surface area (Å²) in [4.78, 5) is 14.8. The van der Waals surface area contributed by atoms with Gasteiger partial charge in [-0.25, -0.2) is 0 Å². The van der Waals surface area contributed by atoms with E-state index < -0.39 is 0 Å². The maximum absolute atomic E-state index is 12.3. The van der Waals surface area contributed by atoms with Gasteiger partial charge in [0.2, 0.25) is 5.91 Å². The highest BCUT2D eigenvalue weighted by Crippen LogP contribution is 2.37. The smallest absolute Gasteiger partial charge is 0.223 e. The van der Waals surface area contributed by atoms with Crippen LogP contribution in [0, 0.1) is 5.92 Å². The third-order valence-electron chi connectivity index (χ3n) is 6.78. The molecule has 0 bridgehead atoms. The van der Waals surface area contributed by atoms with Crippen molar-refractivity contribution >= 4 is 5.91 Å². The first-order chi connectivity index (χ1) is 14.7. The SMILES string of the molecule is O=C(NCC1(c2ccccc2)CCN(CC2COc3ccccc3O2)CC1)C1CC1. The number of carbonyl (C=O) groups is 1. The number of nitrogens with one attached hydrogen (secondary N) is 1. The van der Waals surface area contributed by atoms with Gasteiger partial charge >= 0.3 is 0 Å². The maximum atomic E-state index is 12.3. The van der Waals surface area contributed by atoms with Crippen LogP contribution in [-0.2, 0) is 10.2 Å². The molecule has 1 aliphatic carbocycles. The van der Waals surface area contributed by atoms with Crippen LogP contribution in [0.1, 0.15) is 31.2 Å². The summed E-state index contributed by atoms with van der Waals surface area (Å²) in [6, 6.07) is 18.6. The minimum Gasteiger partial charge on any atom is -0.486 e. The van der Waals surface area contributed by atoms with Gasteiger partial charge in [-0.05, 0) is 56.5 Å². The molecule has 1 amide bonds. The van der Waals surface area contributed by atoms with Gasteiger partial charge in [-0.2, -0.15) is 0 Å². The van der Waals surface area contributed by atoms with Crippen LogP contribution in [0.3, 0.4) is 0 Å². The van der Waals surface area contributed by atoms with E-state index in [1.54, 1.807) is 0 Å². The van der Waals surface area contributed by atoms with E-state index in [-0.39, 0.29) is 23.3 Å². The minimum atomic E-state index is 0.0127. The van der Waals surface area contributed by atoms with Crippen LogP contribution in [0.2, 0.25) is 0 Å². The lowest BCUT2D eigenvalue weighted by Gasteiger charge is -2.43. The third kappa shape index (κ3) is 4.17. The Balaban J connectivity index is 1.22. The number of ether oxygens (including phenoxy) is 2. The first-order valence-corrected chi connectivity index (χ1v) is 11.2. The van der Waals surface area contributed by atoms with E-state index >= 15 is 0 Å². The second-order valence-electron chi connectivity index (χ2n) is 8.94. The number of hydrogen-bond donors (Lipinski definition) is 1. The number of rotatable bonds is 6. The monoisotopic (exact) mass is 406 g/mol. The lowest BCUT2D eigenvalue weighted by atomic mass is 9.72. The van der Waals surface area contributed by atoms with Crippen molar-refractivity contribution in [2.75, 3.05) is 32.8 Å². The first-order valence-electron chi connectivity index (χ1n) is 11.2. The summed E-state index contributed by atoms with van der Waals surface area (Å²) in [5.74, 6) is 2.16. The number of amides is 1. The standard InChI is InChI=1S/C25H30N2O3/c28-24(19-10-11-19)26-18-25(20-6-2-1-3-7-20)12-14-27(15-13-25)16-21-17-29-22-8-4-5-9-23(22)30-21/h1-9,19,21H,10-18H2,(H,26,28). The van der Waals surface area contributed by atoms with E-state index in [0.29, 0.717) is 6.61 Å². The quantitative estimate of drug-likeness (QED) is 0.799. The summed E-state index contributed by atoms with van der Waals surface area (Å²) in [7, 11) is 0. The molecule has 2 aromatic carbocycles. The fourth-order valence-electron chi connectivity index (χ4n) is 4.71. The van der Waals surface area contributed by atoms with Crippen molar-refractivity contribution in [2.45, 2.75) is 37.2 Å². The molecule has 1 N–H and O–H groups in total. The van der Waals surface area contributed by atoms with Gasteiger partial charge in [-0.3, -0.25) is 9.69 Å². The van der Waals surface area contributed by atoms with Crippen molar-refractivity contribution in [1.29, 1.82) is 0 Å². The molecule has 2 heterocycles. The second-order valence-corrected chi connectivity index (χ2v) is 8.94. The highest BCUT2D eigenvalue weighted by Gasteiger charge is 2.39. The average Bonchev–Trinajstić information content (AvgIpc) is 3.65. The van der Waals surface area contributed by atoms with E-state index in [9.17, 15) is 4.79 Å². The molecule has 30 heavy (non-hydrogen) atoms. The Morgan fingerprint density at radius 2 is 1.70 bits per heavy atom. The number of likely N-dealkylation sites (tertiary alicyclic amines) is 1. The molecule has 5 heteroatoms. The number of benzene rings is 2. The predicted molar refractivity (Wildman–Crippen MR) is 116 cm³/mol. The first kappa shape index (κ1) is 19.4. The maximum Gasteiger partial charge on any atom is 0.223 e. The van der Waals surface area contributed by atoms with Crippen molar-refractivity contribution in [2.24, 2.45) is 5.92 Å². The summed E-state index contributed by atoms with van der Waals surface area (Å²) < 4.78 is 12.0. The van der Waals surface area contributed by atoms with Gasteiger partial charge in [0, 0.05) is 24.4 Å². The zero-order valence-electron chi connectivity index (χ0n) is 17.4. The lowest BCUT2D eigenvalue weighted by molar-refractivity contribution is -0.122. The van der Waals surface area contributed by atoms with Crippen LogP contribution in [-0.4, -0.2) is 49.7 Å². The molecule has 1 saturated carbocycles. The highest BCUT2D eigenvalue weighted by atomic mass is 16.6. The minimum absolute atomic E-state index is 0.0127. The van der Waals surface area contributed by atoms with Gasteiger partial charge in [0.15, 0.2) is 11.5 Å². The number of carbonyl (C=O) groups excluding carboxylic acids is 1. The van der Waals surface area contributed by atoms with Crippen LogP contribution >= 0.6 is 0 Å². The molecule has 0 aromatic heterocycles. The Bertz CT molecular complexity index is 873. The molecule has 1 saturated heterocycles. The molecule has 1 unspecified atom stereocenters. The van der Waals surface area contributed by atoms with Gasteiger partial charge in [0.1, 0.15) is 12.7 Å². The van der Waals surface area contributed by atoms with E-state index in [1.165, 1.54) is 5.56 Å². The molecule has 0 radical (unpaired) electrons. The van der Waals surface area contributed by atoms with Crippen LogP contribution in [0.25, 0.3) is 0 Å². The number of para-hydroxylation sites is 2. The molecule has 3 aliphatic rings. The van der Waals surface area contributed by atoms with Crippen LogP contribution in [0.15, 0.2) is 54.6 Å². The fourth-order valence-corrected chi connectivity index (χ4v) is 4.71. The lowest BCUT2D eigenvalue weighted by Crippen LogP contribution is -2.51. The summed E-state index contributed by atoms with van der Waals surface area (Å²) in [6.45, 7) is 4.18. The van der Waals surface area contributed by atoms with Gasteiger partial charge in [-0.15, -0.1) is 0 Å². The van der Waals surface area contributed by atoms with Crippen LogP contribution < -0.4 is 14.8 Å². The molecular formula is C25H30N2O3. The summed E-state index contributed by atoms with van der Waals surface area (Å²) in [5, 5.41) is 3.26. The zero-order valence-corrected chi connectivity index (χ0v) is 17.4. The fraction of sp³-hybridized carbons (Fsp3) is 0.480. The summed E-state index contributed by atoms with van der Waals surface area (Å²) >= 11 is 0. The van der Waals surface area contributed by atoms with Crippen molar-refractivity contribution in [3.05, 3.63) is 60.2 Å². The average molecular weight is 407 g/mol. The summed E-state index contributed by atoms with van der Waals surface area (Å²) in [5.41, 5.74) is 1.35. The molecule has 1 atom stereocenters. The third-order valence-corrected chi connectivity index (χ3v) is 6.78. The van der Waals surface area contributed by atoms with Crippen molar-refractivity contribution in [3.63, 3.8) is 0 Å². The van der Waals surface area contributed by atoms with Crippen molar-refractivity contribution in [3.8, 4) is 11.5 Å². The van der Waals surface area contributed by atoms with Crippen molar-refractivity contribution in [1.82, 2.24) is 10.2 Å². The van der Waals surface area contributed by atoms with E-state index in [2.05, 4.69) is 40.5 Å². The molecule has 158 valence electrons. The zero-order chi connectivity index (χ0) is 20.4. The number of nitrogens with zero attached hydrogens (tertiary/aromatic N) is 1. The van der Waals surface area contributed by atoms with Crippen LogP contribution in [0.4, 0.5) is 0 Å². The predicted octanol–water partition coefficient (Wildman–Crippen LogP) is 3.39. The largest absolute Gasteiger partial charge is 0.486 e. The van der Waals surface area contributed by atoms with E-state index in [1.807, 2.05) is 24.3 Å². The van der Waals surface area contributed by atoms with Gasteiger partial charge in [0.25, 0.3) is 0 Å². The Kier molecular flexibility index (Phi) is 5.38. The number of piperidine rings is 1. The summed E-state index contributed by atoms with van der Waals surface area (Å²) in [6.07, 6.45) is 4.21. The topological polar surface area (TPSA) is 50.8 Å². The molecule has 2 fully saturated rings. The molecule has 2 aromatic rings. The van der Waals surface area contributed by atoms with Gasteiger partial charge in [0.05, 0.1) is 0 Å². The number of fused-ring (bicyclic) bond motifs is 1.